The number of hydrogen-bond acceptors (Lipinski definition) is 3. The quantitative estimate of drug-likeness (QED) is 0.700. The summed E-state index contributed by atoms with van der Waals surface area (Å²) < 4.78 is 5.59. The summed E-state index contributed by atoms with van der Waals surface area (Å²) in [5.74, 6) is 0.720. The van der Waals surface area contributed by atoms with Crippen LogP contribution in [-0.4, -0.2) is 23.9 Å². The second-order valence-corrected chi connectivity index (χ2v) is 4.21. The zero-order valence-electron chi connectivity index (χ0n) is 8.83. The minimum Gasteiger partial charge on any atom is -0.396 e. The summed E-state index contributed by atoms with van der Waals surface area (Å²) in [6.45, 7) is 2.85. The molecule has 1 N–H and O–H groups in total. The van der Waals surface area contributed by atoms with Gasteiger partial charge in [0.25, 0.3) is 0 Å². The molecule has 0 atom stereocenters. The molecule has 0 aromatic carbocycles. The van der Waals surface area contributed by atoms with Crippen molar-refractivity contribution in [3.63, 3.8) is 0 Å². The molecule has 0 radical (unpaired) electrons. The topological polar surface area (TPSA) is 53.2 Å². The molecule has 0 aliphatic heterocycles. The lowest BCUT2D eigenvalue weighted by atomic mass is 9.80. The minimum atomic E-state index is -0.554. The van der Waals surface area contributed by atoms with E-state index in [2.05, 4.69) is 13.0 Å². The van der Waals surface area contributed by atoms with Crippen molar-refractivity contribution in [1.82, 2.24) is 0 Å². The second-order valence-electron chi connectivity index (χ2n) is 4.21. The molecule has 0 aromatic rings. The second kappa shape index (κ2) is 5.33. The van der Waals surface area contributed by atoms with Crippen molar-refractivity contribution >= 4 is 0 Å². The molecule has 0 saturated heterocycles. The van der Waals surface area contributed by atoms with Crippen LogP contribution in [-0.2, 0) is 4.74 Å². The largest absolute Gasteiger partial charge is 0.396 e. The summed E-state index contributed by atoms with van der Waals surface area (Å²) in [6.07, 6.45) is 4.46. The number of nitriles is 1. The molecule has 1 aliphatic rings. The molecular formula is C11H19NO2. The van der Waals surface area contributed by atoms with Gasteiger partial charge in [-0.05, 0) is 38.0 Å². The Morgan fingerprint density at radius 3 is 2.64 bits per heavy atom. The van der Waals surface area contributed by atoms with Crippen LogP contribution in [0.1, 0.15) is 39.0 Å². The van der Waals surface area contributed by atoms with Crippen LogP contribution >= 0.6 is 0 Å². The third kappa shape index (κ3) is 2.97. The van der Waals surface area contributed by atoms with Gasteiger partial charge in [0.2, 0.25) is 0 Å². The molecule has 1 aliphatic carbocycles. The van der Waals surface area contributed by atoms with Crippen LogP contribution in [0.5, 0.6) is 0 Å². The summed E-state index contributed by atoms with van der Waals surface area (Å²) in [7, 11) is 0. The van der Waals surface area contributed by atoms with E-state index in [1.807, 2.05) is 0 Å². The lowest BCUT2D eigenvalue weighted by molar-refractivity contribution is -0.0393. The summed E-state index contributed by atoms with van der Waals surface area (Å²) in [6, 6.07) is 2.29. The van der Waals surface area contributed by atoms with Crippen molar-refractivity contribution in [3.05, 3.63) is 0 Å². The Morgan fingerprint density at radius 1 is 1.50 bits per heavy atom. The van der Waals surface area contributed by atoms with E-state index in [0.29, 0.717) is 13.0 Å². The van der Waals surface area contributed by atoms with Gasteiger partial charge in [-0.1, -0.05) is 6.92 Å². The summed E-state index contributed by atoms with van der Waals surface area (Å²) in [5, 5.41) is 17.7. The lowest BCUT2D eigenvalue weighted by Crippen LogP contribution is -2.35. The highest BCUT2D eigenvalue weighted by molar-refractivity contribution is 5.04. The fourth-order valence-electron chi connectivity index (χ4n) is 1.85. The first kappa shape index (κ1) is 11.5. The van der Waals surface area contributed by atoms with E-state index >= 15 is 0 Å². The van der Waals surface area contributed by atoms with Crippen molar-refractivity contribution in [2.45, 2.75) is 44.6 Å². The first-order valence-electron chi connectivity index (χ1n) is 5.38. The highest BCUT2D eigenvalue weighted by atomic mass is 16.5. The number of nitrogens with zero attached hydrogens (tertiary/aromatic N) is 1. The maximum atomic E-state index is 9.09. The first-order chi connectivity index (χ1) is 6.72. The van der Waals surface area contributed by atoms with Crippen molar-refractivity contribution in [2.75, 3.05) is 13.2 Å². The van der Waals surface area contributed by atoms with E-state index in [-0.39, 0.29) is 6.61 Å². The summed E-state index contributed by atoms with van der Waals surface area (Å²) >= 11 is 0. The summed E-state index contributed by atoms with van der Waals surface area (Å²) in [4.78, 5) is 0. The molecule has 0 heterocycles. The summed E-state index contributed by atoms with van der Waals surface area (Å²) in [5.41, 5.74) is -0.554. The average molecular weight is 197 g/mol. The van der Waals surface area contributed by atoms with Crippen LogP contribution in [0.2, 0.25) is 0 Å². The van der Waals surface area contributed by atoms with Gasteiger partial charge in [0.15, 0.2) is 5.60 Å². The van der Waals surface area contributed by atoms with Crippen LogP contribution < -0.4 is 0 Å². The fraction of sp³-hybridized carbons (Fsp3) is 0.909. The SMILES string of the molecule is CC1CCC(C#N)(OCCCO)CC1. The Labute approximate surface area is 85.7 Å². The highest BCUT2D eigenvalue weighted by Gasteiger charge is 2.34. The van der Waals surface area contributed by atoms with Gasteiger partial charge in [-0.25, -0.2) is 0 Å². The Balaban J connectivity index is 2.39. The Bertz CT molecular complexity index is 202. The van der Waals surface area contributed by atoms with Crippen LogP contribution in [0.4, 0.5) is 0 Å². The zero-order chi connectivity index (χ0) is 10.4. The molecule has 0 amide bonds. The third-order valence-electron chi connectivity index (χ3n) is 2.97. The third-order valence-corrected chi connectivity index (χ3v) is 2.97. The van der Waals surface area contributed by atoms with E-state index < -0.39 is 5.60 Å². The van der Waals surface area contributed by atoms with Gasteiger partial charge in [0.05, 0.1) is 12.7 Å². The van der Waals surface area contributed by atoms with Crippen molar-refractivity contribution in [2.24, 2.45) is 5.92 Å². The van der Waals surface area contributed by atoms with E-state index in [9.17, 15) is 0 Å². The van der Waals surface area contributed by atoms with E-state index in [0.717, 1.165) is 31.6 Å². The minimum absolute atomic E-state index is 0.137. The van der Waals surface area contributed by atoms with Gasteiger partial charge in [0.1, 0.15) is 0 Å². The zero-order valence-corrected chi connectivity index (χ0v) is 8.83. The van der Waals surface area contributed by atoms with Crippen molar-refractivity contribution < 1.29 is 9.84 Å². The van der Waals surface area contributed by atoms with Crippen molar-refractivity contribution in [1.29, 1.82) is 5.26 Å². The van der Waals surface area contributed by atoms with Gasteiger partial charge in [0, 0.05) is 6.61 Å². The number of ether oxygens (including phenoxy) is 1. The monoisotopic (exact) mass is 197 g/mol. The predicted molar refractivity (Wildman–Crippen MR) is 53.6 cm³/mol. The van der Waals surface area contributed by atoms with Crippen LogP contribution in [0.25, 0.3) is 0 Å². The normalized spacial score (nSPS) is 32.5. The first-order valence-corrected chi connectivity index (χ1v) is 5.38. The molecular weight excluding hydrogens is 178 g/mol. The lowest BCUT2D eigenvalue weighted by Gasteiger charge is -2.33. The Kier molecular flexibility index (Phi) is 4.37. The molecule has 80 valence electrons. The van der Waals surface area contributed by atoms with Crippen LogP contribution in [0.15, 0.2) is 0 Å². The highest BCUT2D eigenvalue weighted by Crippen LogP contribution is 2.34. The van der Waals surface area contributed by atoms with E-state index in [4.69, 9.17) is 15.1 Å². The maximum Gasteiger partial charge on any atom is 0.154 e. The van der Waals surface area contributed by atoms with E-state index in [1.54, 1.807) is 0 Å². The molecule has 0 aromatic heterocycles. The molecule has 1 fully saturated rings. The number of rotatable bonds is 4. The van der Waals surface area contributed by atoms with Gasteiger partial charge in [-0.3, -0.25) is 0 Å². The Hall–Kier alpha value is -0.590. The van der Waals surface area contributed by atoms with Gasteiger partial charge < -0.3 is 9.84 Å². The molecule has 3 heteroatoms. The molecule has 1 rings (SSSR count). The maximum absolute atomic E-state index is 9.09. The van der Waals surface area contributed by atoms with Crippen LogP contribution in [0.3, 0.4) is 0 Å². The number of aliphatic hydroxyl groups excluding tert-OH is 1. The smallest absolute Gasteiger partial charge is 0.154 e. The molecule has 0 unspecified atom stereocenters. The van der Waals surface area contributed by atoms with Crippen molar-refractivity contribution in [3.8, 4) is 6.07 Å². The molecule has 3 nitrogen and oxygen atoms in total. The van der Waals surface area contributed by atoms with Gasteiger partial charge >= 0.3 is 0 Å². The van der Waals surface area contributed by atoms with E-state index in [1.165, 1.54) is 0 Å². The molecule has 0 bridgehead atoms. The van der Waals surface area contributed by atoms with Gasteiger partial charge in [-0.2, -0.15) is 5.26 Å². The fourth-order valence-corrected chi connectivity index (χ4v) is 1.85. The predicted octanol–water partition coefficient (Wildman–Crippen LogP) is 1.86. The van der Waals surface area contributed by atoms with Crippen LogP contribution in [0, 0.1) is 17.2 Å². The molecule has 14 heavy (non-hydrogen) atoms. The number of aliphatic hydroxyl groups is 1. The average Bonchev–Trinajstić information content (AvgIpc) is 2.22. The standard InChI is InChI=1S/C11H19NO2/c1-10-3-5-11(9-12,6-4-10)14-8-2-7-13/h10,13H,2-8H2,1H3. The molecule has 1 saturated carbocycles. The number of hydrogen-bond donors (Lipinski definition) is 1. The molecule has 0 spiro atoms. The Morgan fingerprint density at radius 2 is 2.14 bits per heavy atom. The van der Waals surface area contributed by atoms with Gasteiger partial charge in [-0.15, -0.1) is 0 Å².